The molecule has 0 heterocycles. The number of rotatable bonds is 45. The van der Waals surface area contributed by atoms with Crippen molar-refractivity contribution in [2.75, 3.05) is 26.4 Å². The number of allylic oxidation sites excluding steroid dienone is 6. The number of phosphoric ester groups is 1. The Morgan fingerprint density at radius 2 is 0.931 bits per heavy atom. The maximum Gasteiger partial charge on any atom is 0.472 e. The van der Waals surface area contributed by atoms with Gasteiger partial charge in [0.15, 0.2) is 0 Å². The predicted octanol–water partition coefficient (Wildman–Crippen LogP) is 13.7. The number of aliphatic hydroxyl groups excluding tert-OH is 1. The SMILES string of the molecule is CCCCC/C=C\C/C=C\CCCCCCCCCCCC(=O)OCC(O)COP(=O)(O)OCCNC(=O)CCCCCCCCC/C=C\CCCCCCCCC. The number of aliphatic hydroxyl groups is 1. The summed E-state index contributed by atoms with van der Waals surface area (Å²) in [6, 6.07) is 0. The Morgan fingerprint density at radius 1 is 0.534 bits per heavy atom. The summed E-state index contributed by atoms with van der Waals surface area (Å²) in [4.78, 5) is 34.0. The van der Waals surface area contributed by atoms with Gasteiger partial charge in [-0.1, -0.05) is 179 Å². The first-order valence-electron chi connectivity index (χ1n) is 24.0. The minimum absolute atomic E-state index is 0.0797. The maximum absolute atomic E-state index is 12.1. The van der Waals surface area contributed by atoms with E-state index in [1.54, 1.807) is 0 Å². The van der Waals surface area contributed by atoms with Crippen molar-refractivity contribution in [3.63, 3.8) is 0 Å². The summed E-state index contributed by atoms with van der Waals surface area (Å²) < 4.78 is 26.9. The van der Waals surface area contributed by atoms with Crippen LogP contribution in [0.1, 0.15) is 226 Å². The van der Waals surface area contributed by atoms with Crippen LogP contribution in [0.3, 0.4) is 0 Å². The van der Waals surface area contributed by atoms with Gasteiger partial charge >= 0.3 is 13.8 Å². The van der Waals surface area contributed by atoms with Crippen molar-refractivity contribution >= 4 is 19.7 Å². The molecule has 58 heavy (non-hydrogen) atoms. The number of nitrogens with one attached hydrogen (secondary N) is 1. The van der Waals surface area contributed by atoms with Gasteiger partial charge in [-0.05, 0) is 70.6 Å². The number of ether oxygens (including phenoxy) is 1. The fourth-order valence-corrected chi connectivity index (χ4v) is 7.40. The van der Waals surface area contributed by atoms with Crippen molar-refractivity contribution < 1.29 is 37.9 Å². The van der Waals surface area contributed by atoms with Gasteiger partial charge in [0.2, 0.25) is 5.91 Å². The highest BCUT2D eigenvalue weighted by molar-refractivity contribution is 7.47. The second kappa shape index (κ2) is 44.8. The molecule has 2 unspecified atom stereocenters. The number of hydrogen-bond acceptors (Lipinski definition) is 7. The molecule has 0 aromatic rings. The Morgan fingerprint density at radius 3 is 1.43 bits per heavy atom. The van der Waals surface area contributed by atoms with Gasteiger partial charge in [0.05, 0.1) is 13.2 Å². The Balaban J connectivity index is 3.58. The molecule has 0 aliphatic rings. The highest BCUT2D eigenvalue weighted by atomic mass is 31.2. The molecule has 1 amide bonds. The Kier molecular flexibility index (Phi) is 43.4. The molecule has 0 saturated carbocycles. The molecule has 9 nitrogen and oxygen atoms in total. The average Bonchev–Trinajstić information content (AvgIpc) is 3.21. The summed E-state index contributed by atoms with van der Waals surface area (Å²) in [6.45, 7) is 3.54. The molecule has 10 heteroatoms. The van der Waals surface area contributed by atoms with Gasteiger partial charge in [-0.25, -0.2) is 4.57 Å². The molecule has 340 valence electrons. The topological polar surface area (TPSA) is 131 Å². The van der Waals surface area contributed by atoms with Gasteiger partial charge in [0, 0.05) is 19.4 Å². The van der Waals surface area contributed by atoms with Crippen molar-refractivity contribution in [1.29, 1.82) is 0 Å². The molecule has 0 aromatic carbocycles. The van der Waals surface area contributed by atoms with Crippen molar-refractivity contribution in [2.45, 2.75) is 232 Å². The molecule has 0 fully saturated rings. The van der Waals surface area contributed by atoms with E-state index in [0.29, 0.717) is 6.42 Å². The quantitative estimate of drug-likeness (QED) is 0.0239. The lowest BCUT2D eigenvalue weighted by Gasteiger charge is -2.15. The molecular formula is C48H90NO8P. The van der Waals surface area contributed by atoms with Crippen LogP contribution in [0.15, 0.2) is 36.5 Å². The molecule has 0 bridgehead atoms. The standard InChI is InChI=1S/C48H90NO8P/c1-3-5-7-9-11-13-15-17-19-21-23-25-27-29-31-33-35-37-39-41-48(52)55-44-46(50)45-57-58(53,54)56-43-42-49-47(51)40-38-36-34-32-30-28-26-24-22-20-18-16-14-12-10-8-6-4-2/h11,13,17,19-20,22,46,50H,3-10,12,14-16,18,21,23-45H2,1-2H3,(H,49,51)(H,53,54)/b13-11-,19-17-,22-20-. The van der Waals surface area contributed by atoms with Crippen LogP contribution in [-0.4, -0.2) is 54.3 Å². The lowest BCUT2D eigenvalue weighted by Crippen LogP contribution is -2.27. The molecule has 0 spiro atoms. The van der Waals surface area contributed by atoms with Crippen molar-refractivity contribution in [3.05, 3.63) is 36.5 Å². The molecule has 0 radical (unpaired) electrons. The molecule has 2 atom stereocenters. The predicted molar refractivity (Wildman–Crippen MR) is 243 cm³/mol. The van der Waals surface area contributed by atoms with E-state index in [2.05, 4.69) is 55.6 Å². The van der Waals surface area contributed by atoms with Crippen LogP contribution in [-0.2, 0) is 27.9 Å². The van der Waals surface area contributed by atoms with Gasteiger partial charge < -0.3 is 20.1 Å². The second-order valence-corrected chi connectivity index (χ2v) is 17.5. The number of carbonyl (C=O) groups is 2. The summed E-state index contributed by atoms with van der Waals surface area (Å²) in [5.41, 5.74) is 0. The summed E-state index contributed by atoms with van der Waals surface area (Å²) in [5, 5.41) is 12.7. The van der Waals surface area contributed by atoms with Gasteiger partial charge in [0.25, 0.3) is 0 Å². The summed E-state index contributed by atoms with van der Waals surface area (Å²) in [7, 11) is -4.42. The zero-order chi connectivity index (χ0) is 42.5. The van der Waals surface area contributed by atoms with E-state index < -0.39 is 26.5 Å². The first kappa shape index (κ1) is 56.2. The van der Waals surface area contributed by atoms with Crippen LogP contribution in [0.25, 0.3) is 0 Å². The van der Waals surface area contributed by atoms with Crippen molar-refractivity contribution in [1.82, 2.24) is 5.32 Å². The molecule has 0 saturated heterocycles. The maximum atomic E-state index is 12.1. The number of hydrogen-bond donors (Lipinski definition) is 3. The number of carbonyl (C=O) groups excluding carboxylic acids is 2. The van der Waals surface area contributed by atoms with Crippen LogP contribution in [0.2, 0.25) is 0 Å². The number of amides is 1. The number of unbranched alkanes of at least 4 members (excludes halogenated alkanes) is 26. The van der Waals surface area contributed by atoms with Crippen molar-refractivity contribution in [3.8, 4) is 0 Å². The summed E-state index contributed by atoms with van der Waals surface area (Å²) in [5.74, 6) is -0.520. The Bertz CT molecular complexity index is 1050. The lowest BCUT2D eigenvalue weighted by molar-refractivity contribution is -0.147. The summed E-state index contributed by atoms with van der Waals surface area (Å²) >= 11 is 0. The van der Waals surface area contributed by atoms with Gasteiger partial charge in [-0.2, -0.15) is 0 Å². The summed E-state index contributed by atoms with van der Waals surface area (Å²) in [6.07, 6.45) is 50.7. The molecule has 0 rings (SSSR count). The zero-order valence-electron chi connectivity index (χ0n) is 37.5. The molecular weight excluding hydrogens is 750 g/mol. The number of esters is 1. The zero-order valence-corrected chi connectivity index (χ0v) is 38.4. The fraction of sp³-hybridized carbons (Fsp3) is 0.833. The largest absolute Gasteiger partial charge is 0.472 e. The minimum Gasteiger partial charge on any atom is -0.463 e. The van der Waals surface area contributed by atoms with E-state index in [1.165, 1.54) is 154 Å². The van der Waals surface area contributed by atoms with E-state index in [-0.39, 0.29) is 32.1 Å². The van der Waals surface area contributed by atoms with E-state index >= 15 is 0 Å². The molecule has 0 aliphatic carbocycles. The average molecular weight is 840 g/mol. The van der Waals surface area contributed by atoms with E-state index in [1.807, 2.05) is 0 Å². The highest BCUT2D eigenvalue weighted by Crippen LogP contribution is 2.42. The molecule has 0 aliphatic heterocycles. The van der Waals surface area contributed by atoms with Crippen LogP contribution >= 0.6 is 7.82 Å². The fourth-order valence-electron chi connectivity index (χ4n) is 6.64. The Hall–Kier alpha value is -1.77. The second-order valence-electron chi connectivity index (χ2n) is 16.1. The first-order valence-corrected chi connectivity index (χ1v) is 25.5. The third-order valence-corrected chi connectivity index (χ3v) is 11.3. The van der Waals surface area contributed by atoms with Gasteiger partial charge in [-0.3, -0.25) is 18.6 Å². The van der Waals surface area contributed by atoms with E-state index in [9.17, 15) is 24.2 Å². The molecule has 0 aromatic heterocycles. The Labute approximate surface area is 356 Å². The van der Waals surface area contributed by atoms with Crippen molar-refractivity contribution in [2.24, 2.45) is 0 Å². The van der Waals surface area contributed by atoms with E-state index in [4.69, 9.17) is 13.8 Å². The normalized spacial score (nSPS) is 13.5. The van der Waals surface area contributed by atoms with Crippen LogP contribution in [0, 0.1) is 0 Å². The smallest absolute Gasteiger partial charge is 0.463 e. The number of phosphoric acid groups is 1. The van der Waals surface area contributed by atoms with Crippen LogP contribution < -0.4 is 5.32 Å². The first-order chi connectivity index (χ1) is 28.3. The minimum atomic E-state index is -4.42. The van der Waals surface area contributed by atoms with Crippen LogP contribution in [0.5, 0.6) is 0 Å². The van der Waals surface area contributed by atoms with Crippen LogP contribution in [0.4, 0.5) is 0 Å². The van der Waals surface area contributed by atoms with E-state index in [0.717, 1.165) is 44.9 Å². The third kappa shape index (κ3) is 45.3. The monoisotopic (exact) mass is 840 g/mol. The van der Waals surface area contributed by atoms with Gasteiger partial charge in [-0.15, -0.1) is 0 Å². The highest BCUT2D eigenvalue weighted by Gasteiger charge is 2.23. The van der Waals surface area contributed by atoms with Gasteiger partial charge in [0.1, 0.15) is 12.7 Å². The molecule has 3 N–H and O–H groups in total. The lowest BCUT2D eigenvalue weighted by atomic mass is 10.1. The third-order valence-electron chi connectivity index (χ3n) is 10.3.